The highest BCUT2D eigenvalue weighted by molar-refractivity contribution is 5.93. The molecule has 104 valence electrons. The molecule has 4 heteroatoms. The van der Waals surface area contributed by atoms with Crippen LogP contribution in [0.5, 0.6) is 0 Å². The van der Waals surface area contributed by atoms with Gasteiger partial charge in [0, 0.05) is 25.2 Å². The van der Waals surface area contributed by atoms with E-state index < -0.39 is 11.5 Å². The first-order valence-electron chi connectivity index (χ1n) is 6.66. The van der Waals surface area contributed by atoms with Gasteiger partial charge in [0.2, 0.25) is 5.91 Å². The van der Waals surface area contributed by atoms with Gasteiger partial charge in [-0.25, -0.2) is 0 Å². The average Bonchev–Trinajstić information content (AvgIpc) is 2.28. The molecule has 0 radical (unpaired) electrons. The number of β-amino-alcohol motifs (C(OH)–C–C–N with tert-alkyl or cyclic N) is 1. The van der Waals surface area contributed by atoms with Crippen LogP contribution >= 0.6 is 0 Å². The third-order valence-corrected chi connectivity index (χ3v) is 4.09. The van der Waals surface area contributed by atoms with E-state index in [0.29, 0.717) is 18.7 Å². The number of amides is 1. The number of rotatable bonds is 4. The molecular weight excluding hydrogens is 240 g/mol. The normalized spacial score (nSPS) is 18.4. The Hall–Kier alpha value is -1.39. The zero-order valence-corrected chi connectivity index (χ0v) is 11.8. The molecule has 1 saturated heterocycles. The Balaban J connectivity index is 2.00. The number of benzene rings is 1. The fourth-order valence-corrected chi connectivity index (χ4v) is 2.47. The van der Waals surface area contributed by atoms with Crippen LogP contribution in [0.3, 0.4) is 0 Å². The number of nitrogens with zero attached hydrogens (tertiary/aromatic N) is 1. The summed E-state index contributed by atoms with van der Waals surface area (Å²) >= 11 is 0. The molecule has 0 unspecified atom stereocenters. The second kappa shape index (κ2) is 4.94. The Morgan fingerprint density at radius 3 is 2.58 bits per heavy atom. The van der Waals surface area contributed by atoms with Gasteiger partial charge in [-0.1, -0.05) is 19.9 Å². The SMILES string of the molecule is Cc1cc(C(N)=O)ccc1CN1CC(O)(C(C)C)C1. The van der Waals surface area contributed by atoms with Gasteiger partial charge in [0.15, 0.2) is 0 Å². The lowest BCUT2D eigenvalue weighted by Crippen LogP contribution is -2.63. The molecule has 3 N–H and O–H groups in total. The smallest absolute Gasteiger partial charge is 0.248 e. The van der Waals surface area contributed by atoms with Crippen LogP contribution in [0.25, 0.3) is 0 Å². The van der Waals surface area contributed by atoms with E-state index in [-0.39, 0.29) is 5.92 Å². The van der Waals surface area contributed by atoms with E-state index >= 15 is 0 Å². The van der Waals surface area contributed by atoms with Crippen molar-refractivity contribution in [3.63, 3.8) is 0 Å². The van der Waals surface area contributed by atoms with Crippen LogP contribution in [0, 0.1) is 12.8 Å². The molecule has 1 aromatic rings. The minimum absolute atomic E-state index is 0.280. The minimum Gasteiger partial charge on any atom is -0.387 e. The van der Waals surface area contributed by atoms with Gasteiger partial charge in [0.05, 0.1) is 5.60 Å². The number of hydrogen-bond acceptors (Lipinski definition) is 3. The summed E-state index contributed by atoms with van der Waals surface area (Å²) in [4.78, 5) is 13.3. The largest absolute Gasteiger partial charge is 0.387 e. The second-order valence-corrected chi connectivity index (χ2v) is 5.91. The molecule has 1 amide bonds. The van der Waals surface area contributed by atoms with Gasteiger partial charge in [0.25, 0.3) is 0 Å². The van der Waals surface area contributed by atoms with Crippen LogP contribution in [-0.4, -0.2) is 34.6 Å². The van der Waals surface area contributed by atoms with E-state index in [1.165, 1.54) is 5.56 Å². The molecular formula is C15H22N2O2. The maximum atomic E-state index is 11.1. The Kier molecular flexibility index (Phi) is 3.65. The molecule has 1 heterocycles. The zero-order valence-electron chi connectivity index (χ0n) is 11.8. The molecule has 0 spiro atoms. The van der Waals surface area contributed by atoms with Gasteiger partial charge in [0.1, 0.15) is 0 Å². The highest BCUT2D eigenvalue weighted by Crippen LogP contribution is 2.30. The predicted molar refractivity (Wildman–Crippen MR) is 74.8 cm³/mol. The molecule has 0 saturated carbocycles. The summed E-state index contributed by atoms with van der Waals surface area (Å²) in [6, 6.07) is 5.54. The van der Waals surface area contributed by atoms with Crippen molar-refractivity contribution >= 4 is 5.91 Å². The first kappa shape index (κ1) is 14.0. The van der Waals surface area contributed by atoms with Crippen LogP contribution in [0.4, 0.5) is 0 Å². The van der Waals surface area contributed by atoms with Crippen LogP contribution < -0.4 is 5.73 Å². The first-order chi connectivity index (χ1) is 8.82. The Morgan fingerprint density at radius 1 is 1.47 bits per heavy atom. The van der Waals surface area contributed by atoms with E-state index in [0.717, 1.165) is 12.1 Å². The van der Waals surface area contributed by atoms with Gasteiger partial charge >= 0.3 is 0 Å². The van der Waals surface area contributed by atoms with Gasteiger partial charge < -0.3 is 10.8 Å². The van der Waals surface area contributed by atoms with Crippen LogP contribution in [0.1, 0.15) is 35.3 Å². The number of aliphatic hydroxyl groups is 1. The zero-order chi connectivity index (χ0) is 14.2. The predicted octanol–water partition coefficient (Wildman–Crippen LogP) is 1.30. The van der Waals surface area contributed by atoms with E-state index in [1.807, 2.05) is 32.9 Å². The van der Waals surface area contributed by atoms with Gasteiger partial charge in [-0.3, -0.25) is 9.69 Å². The molecule has 1 fully saturated rings. The summed E-state index contributed by atoms with van der Waals surface area (Å²) in [7, 11) is 0. The van der Waals surface area contributed by atoms with Gasteiger partial charge in [-0.05, 0) is 36.1 Å². The van der Waals surface area contributed by atoms with Crippen molar-refractivity contribution < 1.29 is 9.90 Å². The van der Waals surface area contributed by atoms with E-state index in [9.17, 15) is 9.90 Å². The molecule has 2 rings (SSSR count). The monoisotopic (exact) mass is 262 g/mol. The lowest BCUT2D eigenvalue weighted by atomic mass is 9.82. The topological polar surface area (TPSA) is 66.6 Å². The van der Waals surface area contributed by atoms with Crippen LogP contribution in [0.2, 0.25) is 0 Å². The summed E-state index contributed by atoms with van der Waals surface area (Å²) in [5.74, 6) is -0.116. The molecule has 4 nitrogen and oxygen atoms in total. The van der Waals surface area contributed by atoms with Gasteiger partial charge in [-0.2, -0.15) is 0 Å². The maximum Gasteiger partial charge on any atom is 0.248 e. The highest BCUT2D eigenvalue weighted by Gasteiger charge is 2.43. The molecule has 0 aliphatic carbocycles. The molecule has 0 atom stereocenters. The Bertz CT molecular complexity index is 491. The maximum absolute atomic E-state index is 11.1. The number of likely N-dealkylation sites (tertiary alicyclic amines) is 1. The van der Waals surface area contributed by atoms with Crippen LogP contribution in [0.15, 0.2) is 18.2 Å². The summed E-state index contributed by atoms with van der Waals surface area (Å²) in [5, 5.41) is 10.2. The first-order valence-corrected chi connectivity index (χ1v) is 6.66. The van der Waals surface area contributed by atoms with Crippen molar-refractivity contribution in [3.8, 4) is 0 Å². The lowest BCUT2D eigenvalue weighted by Gasteiger charge is -2.49. The summed E-state index contributed by atoms with van der Waals surface area (Å²) < 4.78 is 0. The Morgan fingerprint density at radius 2 is 2.11 bits per heavy atom. The van der Waals surface area contributed by atoms with Crippen molar-refractivity contribution in [2.45, 2.75) is 32.9 Å². The molecule has 0 bridgehead atoms. The fourth-order valence-electron chi connectivity index (χ4n) is 2.47. The number of carbonyl (C=O) groups excluding carboxylic acids is 1. The van der Waals surface area contributed by atoms with Crippen molar-refractivity contribution in [1.29, 1.82) is 0 Å². The third-order valence-electron chi connectivity index (χ3n) is 4.09. The fraction of sp³-hybridized carbons (Fsp3) is 0.533. The summed E-state index contributed by atoms with van der Waals surface area (Å²) in [6.45, 7) is 8.30. The number of nitrogens with two attached hydrogens (primary N) is 1. The molecule has 1 aliphatic heterocycles. The molecule has 0 aromatic heterocycles. The molecule has 1 aromatic carbocycles. The summed E-state index contributed by atoms with van der Waals surface area (Å²) in [5.41, 5.74) is 7.50. The number of primary amides is 1. The minimum atomic E-state index is -0.541. The van der Waals surface area contributed by atoms with Crippen molar-refractivity contribution in [1.82, 2.24) is 4.90 Å². The van der Waals surface area contributed by atoms with Crippen LogP contribution in [-0.2, 0) is 6.54 Å². The second-order valence-electron chi connectivity index (χ2n) is 5.91. The average molecular weight is 262 g/mol. The Labute approximate surface area is 114 Å². The quantitative estimate of drug-likeness (QED) is 0.859. The van der Waals surface area contributed by atoms with Crippen molar-refractivity contribution in [2.75, 3.05) is 13.1 Å². The molecule has 1 aliphatic rings. The van der Waals surface area contributed by atoms with E-state index in [2.05, 4.69) is 4.90 Å². The number of hydrogen-bond donors (Lipinski definition) is 2. The standard InChI is InChI=1S/C15H22N2O2/c1-10(2)15(19)8-17(9-15)7-13-5-4-12(14(16)18)6-11(13)3/h4-6,10,19H,7-9H2,1-3H3,(H2,16,18). The van der Waals surface area contributed by atoms with Crippen molar-refractivity contribution in [3.05, 3.63) is 34.9 Å². The number of aryl methyl sites for hydroxylation is 1. The summed E-state index contributed by atoms with van der Waals surface area (Å²) in [6.07, 6.45) is 0. The lowest BCUT2D eigenvalue weighted by molar-refractivity contribution is -0.130. The van der Waals surface area contributed by atoms with Crippen molar-refractivity contribution in [2.24, 2.45) is 11.7 Å². The van der Waals surface area contributed by atoms with Gasteiger partial charge in [-0.15, -0.1) is 0 Å². The highest BCUT2D eigenvalue weighted by atomic mass is 16.3. The van der Waals surface area contributed by atoms with E-state index in [1.54, 1.807) is 6.07 Å². The number of carbonyl (C=O) groups is 1. The molecule has 19 heavy (non-hydrogen) atoms. The third kappa shape index (κ3) is 2.80. The van der Waals surface area contributed by atoms with E-state index in [4.69, 9.17) is 5.73 Å².